The van der Waals surface area contributed by atoms with Gasteiger partial charge in [-0.3, -0.25) is 4.79 Å². The Morgan fingerprint density at radius 1 is 1.15 bits per heavy atom. The van der Waals surface area contributed by atoms with Crippen molar-refractivity contribution in [3.05, 3.63) is 59.2 Å². The lowest BCUT2D eigenvalue weighted by molar-refractivity contribution is -0.137. The summed E-state index contributed by atoms with van der Waals surface area (Å²) in [6, 6.07) is 9.42. The zero-order valence-corrected chi connectivity index (χ0v) is 19.5. The molecular weight excluding hydrogens is 443 g/mol. The Morgan fingerprint density at radius 2 is 1.97 bits per heavy atom. The van der Waals surface area contributed by atoms with Gasteiger partial charge in [0.15, 0.2) is 0 Å². The van der Waals surface area contributed by atoms with Crippen molar-refractivity contribution in [1.29, 1.82) is 0 Å². The lowest BCUT2D eigenvalue weighted by Gasteiger charge is -2.32. The van der Waals surface area contributed by atoms with Gasteiger partial charge in [0, 0.05) is 42.6 Å². The maximum Gasteiger partial charge on any atom is 0.416 e. The number of likely N-dealkylation sites (N-methyl/N-ethyl adjacent to an activating group) is 1. The van der Waals surface area contributed by atoms with Gasteiger partial charge in [-0.1, -0.05) is 12.1 Å². The molecule has 1 N–H and O–H groups in total. The third-order valence-corrected chi connectivity index (χ3v) is 6.19. The molecule has 0 spiro atoms. The lowest BCUT2D eigenvalue weighted by atomic mass is 9.98. The molecule has 0 aromatic heterocycles. The van der Waals surface area contributed by atoms with E-state index >= 15 is 0 Å². The average molecular weight is 474 g/mol. The molecule has 0 unspecified atom stereocenters. The minimum absolute atomic E-state index is 0.164. The SMILES string of the molecule is CN(C)CCN1CCCc2ccc(NC(=O)/C=C3\CCCOc4cc(C(F)(F)F)ccc43)cc21. The van der Waals surface area contributed by atoms with Crippen molar-refractivity contribution in [3.8, 4) is 5.75 Å². The molecule has 2 heterocycles. The van der Waals surface area contributed by atoms with Crippen LogP contribution >= 0.6 is 0 Å². The van der Waals surface area contributed by atoms with Crippen molar-refractivity contribution in [2.45, 2.75) is 31.9 Å². The second-order valence-electron chi connectivity index (χ2n) is 9.06. The predicted octanol–water partition coefficient (Wildman–Crippen LogP) is 5.21. The number of hydrogen-bond acceptors (Lipinski definition) is 4. The normalized spacial score (nSPS) is 17.1. The summed E-state index contributed by atoms with van der Waals surface area (Å²) in [5, 5.41) is 2.94. The number of carbonyl (C=O) groups is 1. The van der Waals surface area contributed by atoms with Crippen LogP contribution in [0.25, 0.3) is 5.57 Å². The number of amides is 1. The molecule has 4 rings (SSSR count). The van der Waals surface area contributed by atoms with Crippen molar-refractivity contribution in [1.82, 2.24) is 4.90 Å². The van der Waals surface area contributed by atoms with E-state index in [2.05, 4.69) is 35.3 Å². The van der Waals surface area contributed by atoms with E-state index in [1.807, 2.05) is 12.1 Å². The number of hydrogen-bond donors (Lipinski definition) is 1. The summed E-state index contributed by atoms with van der Waals surface area (Å²) in [5.41, 5.74) is 3.56. The van der Waals surface area contributed by atoms with E-state index in [1.165, 1.54) is 17.7 Å². The zero-order chi connectivity index (χ0) is 24.3. The molecule has 8 heteroatoms. The number of nitrogens with zero attached hydrogens (tertiary/aromatic N) is 2. The molecule has 0 atom stereocenters. The first-order chi connectivity index (χ1) is 16.2. The molecular formula is C26H30F3N3O2. The zero-order valence-electron chi connectivity index (χ0n) is 19.5. The summed E-state index contributed by atoms with van der Waals surface area (Å²) in [6.07, 6.45) is 0.324. The Bertz CT molecular complexity index is 1080. The molecule has 2 aromatic carbocycles. The van der Waals surface area contributed by atoms with Gasteiger partial charge in [-0.25, -0.2) is 0 Å². The molecule has 0 radical (unpaired) electrons. The predicted molar refractivity (Wildman–Crippen MR) is 128 cm³/mol. The van der Waals surface area contributed by atoms with Gasteiger partial charge in [0.05, 0.1) is 12.2 Å². The number of anilines is 2. The maximum atomic E-state index is 13.1. The van der Waals surface area contributed by atoms with Gasteiger partial charge in [-0.05, 0) is 75.2 Å². The van der Waals surface area contributed by atoms with Crippen LogP contribution in [0.1, 0.15) is 36.0 Å². The Balaban J connectivity index is 1.54. The largest absolute Gasteiger partial charge is 0.493 e. The molecule has 0 fully saturated rings. The minimum atomic E-state index is -4.45. The van der Waals surface area contributed by atoms with Gasteiger partial charge in [0.1, 0.15) is 5.75 Å². The molecule has 5 nitrogen and oxygen atoms in total. The smallest absolute Gasteiger partial charge is 0.416 e. The summed E-state index contributed by atoms with van der Waals surface area (Å²) in [4.78, 5) is 17.4. The molecule has 0 bridgehead atoms. The van der Waals surface area contributed by atoms with Gasteiger partial charge in [0.25, 0.3) is 0 Å². The van der Waals surface area contributed by atoms with E-state index in [0.717, 1.165) is 50.3 Å². The summed E-state index contributed by atoms with van der Waals surface area (Å²) in [5.74, 6) is -0.143. The molecule has 2 aliphatic rings. The topological polar surface area (TPSA) is 44.8 Å². The number of carbonyl (C=O) groups excluding carboxylic acids is 1. The van der Waals surface area contributed by atoms with Crippen molar-refractivity contribution in [2.75, 3.05) is 50.6 Å². The van der Waals surface area contributed by atoms with Crippen molar-refractivity contribution in [3.63, 3.8) is 0 Å². The quantitative estimate of drug-likeness (QED) is 0.606. The van der Waals surface area contributed by atoms with Crippen molar-refractivity contribution >= 4 is 22.9 Å². The highest BCUT2D eigenvalue weighted by Gasteiger charge is 2.32. The Kier molecular flexibility index (Phi) is 7.16. The van der Waals surface area contributed by atoms with Crippen LogP contribution in [0, 0.1) is 0 Å². The Labute approximate surface area is 198 Å². The van der Waals surface area contributed by atoms with Crippen LogP contribution in [-0.2, 0) is 17.4 Å². The number of aryl methyl sites for hydroxylation is 1. The van der Waals surface area contributed by atoms with Crippen LogP contribution in [0.4, 0.5) is 24.5 Å². The molecule has 0 saturated heterocycles. The number of ether oxygens (including phenoxy) is 1. The monoisotopic (exact) mass is 473 g/mol. The lowest BCUT2D eigenvalue weighted by Crippen LogP contribution is -2.35. The first kappa shape index (κ1) is 24.1. The highest BCUT2D eigenvalue weighted by molar-refractivity contribution is 6.04. The standard InChI is InChI=1S/C26H30F3N3O2/c1-31(2)12-13-32-11-3-5-18-7-9-21(17-23(18)32)30-25(33)15-19-6-4-14-34-24-16-20(26(27,28)29)8-10-22(19)24/h7-10,15-17H,3-6,11-14H2,1-2H3,(H,30,33)/b19-15+. The number of alkyl halides is 3. The molecule has 1 amide bonds. The fraction of sp³-hybridized carbons (Fsp3) is 0.423. The number of halogens is 3. The molecule has 0 saturated carbocycles. The molecule has 0 aliphatic carbocycles. The van der Waals surface area contributed by atoms with E-state index in [-0.39, 0.29) is 11.7 Å². The maximum absolute atomic E-state index is 13.1. The second kappa shape index (κ2) is 10.1. The third-order valence-electron chi connectivity index (χ3n) is 6.19. The van der Waals surface area contributed by atoms with E-state index in [9.17, 15) is 18.0 Å². The second-order valence-corrected chi connectivity index (χ2v) is 9.06. The van der Waals surface area contributed by atoms with Crippen LogP contribution in [-0.4, -0.2) is 51.1 Å². The number of nitrogens with one attached hydrogen (secondary N) is 1. The Morgan fingerprint density at radius 3 is 2.74 bits per heavy atom. The molecule has 182 valence electrons. The van der Waals surface area contributed by atoms with Crippen LogP contribution in [0.2, 0.25) is 0 Å². The third kappa shape index (κ3) is 5.73. The van der Waals surface area contributed by atoms with Crippen LogP contribution in [0.15, 0.2) is 42.5 Å². The van der Waals surface area contributed by atoms with E-state index in [0.29, 0.717) is 36.3 Å². The van der Waals surface area contributed by atoms with Gasteiger partial charge >= 0.3 is 6.18 Å². The van der Waals surface area contributed by atoms with E-state index in [4.69, 9.17) is 4.74 Å². The number of fused-ring (bicyclic) bond motifs is 2. The molecule has 2 aliphatic heterocycles. The summed E-state index contributed by atoms with van der Waals surface area (Å²) < 4.78 is 44.9. The molecule has 34 heavy (non-hydrogen) atoms. The highest BCUT2D eigenvalue weighted by Crippen LogP contribution is 2.38. The van der Waals surface area contributed by atoms with Gasteiger partial charge < -0.3 is 19.9 Å². The number of rotatable bonds is 5. The Hall–Kier alpha value is -3.00. The first-order valence-electron chi connectivity index (χ1n) is 11.6. The fourth-order valence-electron chi connectivity index (χ4n) is 4.43. The van der Waals surface area contributed by atoms with Crippen molar-refractivity contribution in [2.24, 2.45) is 0 Å². The summed E-state index contributed by atoms with van der Waals surface area (Å²) in [6.45, 7) is 3.15. The van der Waals surface area contributed by atoms with Crippen LogP contribution < -0.4 is 15.0 Å². The van der Waals surface area contributed by atoms with Crippen LogP contribution in [0.5, 0.6) is 5.75 Å². The summed E-state index contributed by atoms with van der Waals surface area (Å²) in [7, 11) is 4.10. The minimum Gasteiger partial charge on any atom is -0.493 e. The number of benzene rings is 2. The highest BCUT2D eigenvalue weighted by atomic mass is 19.4. The number of allylic oxidation sites excluding steroid dienone is 1. The van der Waals surface area contributed by atoms with Gasteiger partial charge in [-0.15, -0.1) is 0 Å². The first-order valence-corrected chi connectivity index (χ1v) is 11.6. The average Bonchev–Trinajstić information content (AvgIpc) is 2.98. The van der Waals surface area contributed by atoms with Gasteiger partial charge in [-0.2, -0.15) is 13.2 Å². The van der Waals surface area contributed by atoms with E-state index in [1.54, 1.807) is 0 Å². The van der Waals surface area contributed by atoms with Gasteiger partial charge in [0.2, 0.25) is 5.91 Å². The van der Waals surface area contributed by atoms with E-state index < -0.39 is 11.7 Å². The van der Waals surface area contributed by atoms with Crippen molar-refractivity contribution < 1.29 is 22.7 Å². The molecule has 2 aromatic rings. The summed E-state index contributed by atoms with van der Waals surface area (Å²) >= 11 is 0. The fourth-order valence-corrected chi connectivity index (χ4v) is 4.43. The van der Waals surface area contributed by atoms with Crippen LogP contribution in [0.3, 0.4) is 0 Å².